The summed E-state index contributed by atoms with van der Waals surface area (Å²) in [6, 6.07) is 0. The highest BCUT2D eigenvalue weighted by Crippen LogP contribution is 2.13. The van der Waals surface area contributed by atoms with E-state index in [2.05, 4.69) is 0 Å². The van der Waals surface area contributed by atoms with E-state index in [-0.39, 0.29) is 12.2 Å². The lowest BCUT2D eigenvalue weighted by Crippen LogP contribution is -2.33. The molecule has 2 unspecified atom stereocenters. The standard InChI is InChI=1S/C10H19NO2S/c1-2-9(10(11)14)13-7-8-5-3-4-6-12-8/h8-9H,2-7H2,1H3,(H2,11,14). The van der Waals surface area contributed by atoms with E-state index >= 15 is 0 Å². The summed E-state index contributed by atoms with van der Waals surface area (Å²) in [5, 5.41) is 0. The first-order chi connectivity index (χ1) is 6.74. The Morgan fingerprint density at radius 1 is 1.64 bits per heavy atom. The first-order valence-electron chi connectivity index (χ1n) is 5.26. The van der Waals surface area contributed by atoms with Crippen LogP contribution in [-0.2, 0) is 9.47 Å². The number of nitrogens with two attached hydrogens (primary N) is 1. The Kier molecular flexibility index (Phi) is 5.37. The molecule has 0 aromatic heterocycles. The highest BCUT2D eigenvalue weighted by atomic mass is 32.1. The third-order valence-corrected chi connectivity index (χ3v) is 2.71. The minimum Gasteiger partial charge on any atom is -0.391 e. The fraction of sp³-hybridized carbons (Fsp3) is 0.900. The monoisotopic (exact) mass is 217 g/mol. The van der Waals surface area contributed by atoms with Gasteiger partial charge in [-0.3, -0.25) is 0 Å². The molecule has 3 nitrogen and oxygen atoms in total. The first kappa shape index (κ1) is 11.9. The van der Waals surface area contributed by atoms with Crippen molar-refractivity contribution in [1.82, 2.24) is 0 Å². The van der Waals surface area contributed by atoms with Crippen LogP contribution >= 0.6 is 12.2 Å². The van der Waals surface area contributed by atoms with Crippen molar-refractivity contribution in [1.29, 1.82) is 0 Å². The Labute approximate surface area is 90.9 Å². The van der Waals surface area contributed by atoms with E-state index < -0.39 is 0 Å². The largest absolute Gasteiger partial charge is 0.391 e. The van der Waals surface area contributed by atoms with Crippen LogP contribution in [0.4, 0.5) is 0 Å². The fourth-order valence-electron chi connectivity index (χ4n) is 1.56. The van der Waals surface area contributed by atoms with Crippen LogP contribution in [0.5, 0.6) is 0 Å². The highest BCUT2D eigenvalue weighted by Gasteiger charge is 2.17. The van der Waals surface area contributed by atoms with Crippen LogP contribution in [0, 0.1) is 0 Å². The molecule has 0 aromatic carbocycles. The maximum Gasteiger partial charge on any atom is 0.107 e. The second kappa shape index (κ2) is 6.32. The maximum atomic E-state index is 5.60. The fourth-order valence-corrected chi connectivity index (χ4v) is 1.80. The molecule has 1 saturated heterocycles. The Balaban J connectivity index is 2.20. The molecule has 0 amide bonds. The van der Waals surface area contributed by atoms with Gasteiger partial charge in [0.2, 0.25) is 0 Å². The quantitative estimate of drug-likeness (QED) is 0.711. The lowest BCUT2D eigenvalue weighted by atomic mass is 10.1. The van der Waals surface area contributed by atoms with E-state index in [9.17, 15) is 0 Å². The molecule has 0 bridgehead atoms. The number of thiocarbonyl (C=S) groups is 1. The zero-order valence-corrected chi connectivity index (χ0v) is 9.52. The highest BCUT2D eigenvalue weighted by molar-refractivity contribution is 7.80. The van der Waals surface area contributed by atoms with Gasteiger partial charge in [0.15, 0.2) is 0 Å². The van der Waals surface area contributed by atoms with E-state index in [4.69, 9.17) is 27.4 Å². The molecule has 1 fully saturated rings. The average Bonchev–Trinajstić information content (AvgIpc) is 2.20. The third-order valence-electron chi connectivity index (χ3n) is 2.45. The van der Waals surface area contributed by atoms with Gasteiger partial charge in [-0.05, 0) is 25.7 Å². The maximum absolute atomic E-state index is 5.60. The van der Waals surface area contributed by atoms with Crippen molar-refractivity contribution in [2.24, 2.45) is 5.73 Å². The number of ether oxygens (including phenoxy) is 2. The summed E-state index contributed by atoms with van der Waals surface area (Å²) in [7, 11) is 0. The molecule has 4 heteroatoms. The molecule has 0 aromatic rings. The number of hydrogen-bond donors (Lipinski definition) is 1. The van der Waals surface area contributed by atoms with Crippen LogP contribution in [-0.4, -0.2) is 30.4 Å². The minimum absolute atomic E-state index is 0.0875. The van der Waals surface area contributed by atoms with E-state index in [1.165, 1.54) is 12.8 Å². The minimum atomic E-state index is -0.0875. The lowest BCUT2D eigenvalue weighted by Gasteiger charge is -2.24. The Morgan fingerprint density at radius 3 is 2.93 bits per heavy atom. The van der Waals surface area contributed by atoms with Gasteiger partial charge in [0, 0.05) is 6.61 Å². The summed E-state index contributed by atoms with van der Waals surface area (Å²) in [6.45, 7) is 3.50. The van der Waals surface area contributed by atoms with Crippen LogP contribution in [0.3, 0.4) is 0 Å². The van der Waals surface area contributed by atoms with Gasteiger partial charge in [-0.1, -0.05) is 19.1 Å². The van der Waals surface area contributed by atoms with Gasteiger partial charge in [0.1, 0.15) is 11.1 Å². The van der Waals surface area contributed by atoms with Crippen LogP contribution in [0.15, 0.2) is 0 Å². The third kappa shape index (κ3) is 3.90. The molecule has 82 valence electrons. The molecule has 14 heavy (non-hydrogen) atoms. The van der Waals surface area contributed by atoms with Gasteiger partial charge in [-0.25, -0.2) is 0 Å². The molecular weight excluding hydrogens is 198 g/mol. The van der Waals surface area contributed by atoms with E-state index in [1.54, 1.807) is 0 Å². The average molecular weight is 217 g/mol. The zero-order valence-electron chi connectivity index (χ0n) is 8.70. The van der Waals surface area contributed by atoms with Gasteiger partial charge in [-0.15, -0.1) is 0 Å². The van der Waals surface area contributed by atoms with Crippen molar-refractivity contribution in [3.8, 4) is 0 Å². The van der Waals surface area contributed by atoms with Gasteiger partial charge in [0.05, 0.1) is 12.7 Å². The number of rotatable bonds is 5. The van der Waals surface area contributed by atoms with Crippen molar-refractivity contribution in [2.75, 3.05) is 13.2 Å². The molecule has 1 aliphatic heterocycles. The summed E-state index contributed by atoms with van der Waals surface area (Å²) in [5.74, 6) is 0. The van der Waals surface area contributed by atoms with Crippen LogP contribution in [0.2, 0.25) is 0 Å². The Hall–Kier alpha value is -0.190. The molecule has 2 atom stereocenters. The first-order valence-corrected chi connectivity index (χ1v) is 5.67. The van der Waals surface area contributed by atoms with E-state index in [1.807, 2.05) is 6.92 Å². The Bertz CT molecular complexity index is 181. The molecule has 0 saturated carbocycles. The lowest BCUT2D eigenvalue weighted by molar-refractivity contribution is -0.0500. The van der Waals surface area contributed by atoms with Crippen molar-refractivity contribution < 1.29 is 9.47 Å². The predicted octanol–water partition coefficient (Wildman–Crippen LogP) is 1.64. The van der Waals surface area contributed by atoms with Gasteiger partial charge in [0.25, 0.3) is 0 Å². The van der Waals surface area contributed by atoms with Gasteiger partial charge >= 0.3 is 0 Å². The van der Waals surface area contributed by atoms with Crippen molar-refractivity contribution in [3.05, 3.63) is 0 Å². The number of hydrogen-bond acceptors (Lipinski definition) is 3. The van der Waals surface area contributed by atoms with Crippen molar-refractivity contribution in [3.63, 3.8) is 0 Å². The van der Waals surface area contributed by atoms with E-state index in [0.717, 1.165) is 19.4 Å². The SMILES string of the molecule is CCC(OCC1CCCCO1)C(N)=S. The predicted molar refractivity (Wildman–Crippen MR) is 60.4 cm³/mol. The van der Waals surface area contributed by atoms with E-state index in [0.29, 0.717) is 11.6 Å². The van der Waals surface area contributed by atoms with Gasteiger partial charge < -0.3 is 15.2 Å². The molecule has 2 N–H and O–H groups in total. The molecular formula is C10H19NO2S. The van der Waals surface area contributed by atoms with Crippen molar-refractivity contribution >= 4 is 17.2 Å². The summed E-state index contributed by atoms with van der Waals surface area (Å²) in [4.78, 5) is 0.448. The molecule has 0 radical (unpaired) electrons. The van der Waals surface area contributed by atoms with Crippen molar-refractivity contribution in [2.45, 2.75) is 44.8 Å². The molecule has 1 rings (SSSR count). The molecule has 0 aliphatic carbocycles. The zero-order chi connectivity index (χ0) is 10.4. The summed E-state index contributed by atoms with van der Waals surface area (Å²) < 4.78 is 11.1. The molecule has 1 heterocycles. The normalized spacial score (nSPS) is 24.5. The molecule has 0 spiro atoms. The second-order valence-electron chi connectivity index (χ2n) is 3.62. The van der Waals surface area contributed by atoms with Crippen LogP contribution in [0.1, 0.15) is 32.6 Å². The second-order valence-corrected chi connectivity index (χ2v) is 4.09. The summed E-state index contributed by atoms with van der Waals surface area (Å²) in [5.41, 5.74) is 5.53. The smallest absolute Gasteiger partial charge is 0.107 e. The Morgan fingerprint density at radius 2 is 2.43 bits per heavy atom. The van der Waals surface area contributed by atoms with Crippen LogP contribution < -0.4 is 5.73 Å². The van der Waals surface area contributed by atoms with Crippen LogP contribution in [0.25, 0.3) is 0 Å². The topological polar surface area (TPSA) is 44.5 Å². The molecule has 1 aliphatic rings. The summed E-state index contributed by atoms with van der Waals surface area (Å²) in [6.07, 6.45) is 4.49. The summed E-state index contributed by atoms with van der Waals surface area (Å²) >= 11 is 4.89. The van der Waals surface area contributed by atoms with Gasteiger partial charge in [-0.2, -0.15) is 0 Å².